The van der Waals surface area contributed by atoms with Crippen molar-refractivity contribution in [2.75, 3.05) is 17.3 Å². The van der Waals surface area contributed by atoms with E-state index in [0.29, 0.717) is 30.0 Å². The van der Waals surface area contributed by atoms with Gasteiger partial charge in [0.1, 0.15) is 16.8 Å². The fraction of sp³-hybridized carbons (Fsp3) is 0.159. The number of carbonyl (C=O) groups excluding carboxylic acids is 1. The SMILES string of the molecule is CSCC[C@](C)(NC(=O)c1[nH]c2ccc(NCc3cn(C(c4ccccc4)(c4ccccc4)c4ccccc4)cn3)cc2c1-c1ccccc1)C(=O)O. The van der Waals surface area contributed by atoms with E-state index in [2.05, 4.69) is 99.2 Å². The number of anilines is 1. The first-order valence-corrected chi connectivity index (χ1v) is 18.9. The van der Waals surface area contributed by atoms with Gasteiger partial charge in [0.15, 0.2) is 0 Å². The van der Waals surface area contributed by atoms with Crippen molar-refractivity contribution in [1.29, 1.82) is 0 Å². The smallest absolute Gasteiger partial charge is 0.329 e. The molecule has 0 saturated heterocycles. The van der Waals surface area contributed by atoms with Crippen LogP contribution >= 0.6 is 11.8 Å². The molecule has 0 fully saturated rings. The number of carbonyl (C=O) groups is 2. The van der Waals surface area contributed by atoms with Crippen molar-refractivity contribution < 1.29 is 14.7 Å². The zero-order valence-electron chi connectivity index (χ0n) is 29.6. The normalized spacial score (nSPS) is 12.6. The summed E-state index contributed by atoms with van der Waals surface area (Å²) in [5.41, 5.74) is 5.63. The first-order valence-electron chi connectivity index (χ1n) is 17.5. The summed E-state index contributed by atoms with van der Waals surface area (Å²) >= 11 is 1.54. The van der Waals surface area contributed by atoms with Crippen molar-refractivity contribution in [3.05, 3.63) is 180 Å². The van der Waals surface area contributed by atoms with Gasteiger partial charge in [-0.2, -0.15) is 11.8 Å². The highest BCUT2D eigenvalue weighted by Gasteiger charge is 2.39. The number of nitrogens with zero attached hydrogens (tertiary/aromatic N) is 2. The average Bonchev–Trinajstić information content (AvgIpc) is 3.83. The number of carboxylic acids is 1. The van der Waals surface area contributed by atoms with Crippen LogP contribution in [0.2, 0.25) is 0 Å². The average molecular weight is 720 g/mol. The molecule has 0 aliphatic carbocycles. The number of rotatable bonds is 14. The number of hydrogen-bond donors (Lipinski definition) is 4. The number of imidazole rings is 1. The Labute approximate surface area is 313 Å². The summed E-state index contributed by atoms with van der Waals surface area (Å²) in [5.74, 6) is -0.940. The first-order chi connectivity index (χ1) is 25.8. The molecule has 266 valence electrons. The third-order valence-electron chi connectivity index (χ3n) is 9.83. The molecule has 0 saturated carbocycles. The number of hydrogen-bond acceptors (Lipinski definition) is 5. The molecule has 0 radical (unpaired) electrons. The number of amides is 1. The molecule has 5 aromatic carbocycles. The summed E-state index contributed by atoms with van der Waals surface area (Å²) < 4.78 is 2.20. The van der Waals surface area contributed by atoms with Crippen LogP contribution in [0.3, 0.4) is 0 Å². The Bertz CT molecular complexity index is 2230. The van der Waals surface area contributed by atoms with E-state index < -0.39 is 23.0 Å². The van der Waals surface area contributed by atoms with Gasteiger partial charge in [0.05, 0.1) is 18.6 Å². The maximum absolute atomic E-state index is 13.8. The Morgan fingerprint density at radius 2 is 1.38 bits per heavy atom. The molecule has 7 aromatic rings. The van der Waals surface area contributed by atoms with Crippen molar-refractivity contribution in [3.63, 3.8) is 0 Å². The van der Waals surface area contributed by atoms with Gasteiger partial charge < -0.3 is 25.3 Å². The van der Waals surface area contributed by atoms with Crippen molar-refractivity contribution in [3.8, 4) is 11.1 Å². The molecular weight excluding hydrogens is 679 g/mol. The minimum absolute atomic E-state index is 0.295. The van der Waals surface area contributed by atoms with Crippen LogP contribution < -0.4 is 10.6 Å². The van der Waals surface area contributed by atoms with Gasteiger partial charge in [-0.3, -0.25) is 4.79 Å². The Kier molecular flexibility index (Phi) is 10.2. The molecule has 0 aliphatic heterocycles. The lowest BCUT2D eigenvalue weighted by Gasteiger charge is -2.37. The van der Waals surface area contributed by atoms with Gasteiger partial charge >= 0.3 is 5.97 Å². The van der Waals surface area contributed by atoms with E-state index in [-0.39, 0.29) is 0 Å². The second kappa shape index (κ2) is 15.3. The van der Waals surface area contributed by atoms with Crippen molar-refractivity contribution in [2.45, 2.75) is 31.0 Å². The van der Waals surface area contributed by atoms with Crippen LogP contribution in [0.15, 0.2) is 152 Å². The van der Waals surface area contributed by atoms with Crippen molar-refractivity contribution in [2.24, 2.45) is 0 Å². The van der Waals surface area contributed by atoms with Crippen LogP contribution in [0.4, 0.5) is 5.69 Å². The standard InChI is InChI=1S/C44H41N5O3S/c1-43(42(51)52,25-26-53-2)48-41(50)40-39(31-15-7-3-8-16-31)37-27-35(23-24-38(37)47-40)45-28-36-29-49(30-46-36)44(32-17-9-4-10-18-32,33-19-11-5-12-20-33)34-21-13-6-14-22-34/h3-24,27,29-30,45,47H,25-26,28H2,1-2H3,(H,48,50)(H,51,52)/t43-/m0/s1. The van der Waals surface area contributed by atoms with E-state index in [1.165, 1.54) is 0 Å². The van der Waals surface area contributed by atoms with E-state index in [1.807, 2.05) is 79.3 Å². The number of thioether (sulfide) groups is 1. The molecule has 2 heterocycles. The number of benzene rings is 5. The van der Waals surface area contributed by atoms with Gasteiger partial charge in [0, 0.05) is 28.4 Å². The summed E-state index contributed by atoms with van der Waals surface area (Å²) in [5, 5.41) is 17.3. The highest BCUT2D eigenvalue weighted by Crippen LogP contribution is 2.41. The summed E-state index contributed by atoms with van der Waals surface area (Å²) in [4.78, 5) is 34.3. The molecule has 2 aromatic heterocycles. The Hall–Kier alpha value is -6.06. The maximum Gasteiger partial charge on any atom is 0.329 e. The fourth-order valence-electron chi connectivity index (χ4n) is 7.04. The van der Waals surface area contributed by atoms with Gasteiger partial charge in [-0.1, -0.05) is 121 Å². The molecule has 0 unspecified atom stereocenters. The van der Waals surface area contributed by atoms with Crippen LogP contribution in [0.1, 0.15) is 46.2 Å². The number of fused-ring (bicyclic) bond motifs is 1. The third kappa shape index (κ3) is 6.95. The molecule has 0 bridgehead atoms. The maximum atomic E-state index is 13.8. The number of aromatic nitrogens is 3. The minimum atomic E-state index is -1.42. The van der Waals surface area contributed by atoms with Gasteiger partial charge in [-0.15, -0.1) is 0 Å². The summed E-state index contributed by atoms with van der Waals surface area (Å²) in [7, 11) is 0. The van der Waals surface area contributed by atoms with Crippen LogP contribution in [0.25, 0.3) is 22.0 Å². The molecule has 4 N–H and O–H groups in total. The minimum Gasteiger partial charge on any atom is -0.480 e. The largest absolute Gasteiger partial charge is 0.480 e. The molecule has 0 spiro atoms. The molecule has 53 heavy (non-hydrogen) atoms. The molecule has 7 rings (SSSR count). The Morgan fingerprint density at radius 3 is 1.92 bits per heavy atom. The highest BCUT2D eigenvalue weighted by molar-refractivity contribution is 7.98. The zero-order chi connectivity index (χ0) is 36.8. The van der Waals surface area contributed by atoms with E-state index in [0.717, 1.165) is 44.5 Å². The van der Waals surface area contributed by atoms with E-state index >= 15 is 0 Å². The van der Waals surface area contributed by atoms with Gasteiger partial charge in [0.25, 0.3) is 5.91 Å². The molecule has 1 amide bonds. The van der Waals surface area contributed by atoms with E-state index in [4.69, 9.17) is 4.98 Å². The fourth-order valence-corrected chi connectivity index (χ4v) is 7.65. The molecule has 9 heteroatoms. The highest BCUT2D eigenvalue weighted by atomic mass is 32.2. The number of H-pyrrole nitrogens is 1. The summed E-state index contributed by atoms with van der Waals surface area (Å²) in [6.07, 6.45) is 6.22. The quantitative estimate of drug-likeness (QED) is 0.0837. The van der Waals surface area contributed by atoms with Crippen LogP contribution in [-0.4, -0.2) is 49.1 Å². The van der Waals surface area contributed by atoms with E-state index in [1.54, 1.807) is 18.7 Å². The van der Waals surface area contributed by atoms with Crippen LogP contribution in [-0.2, 0) is 16.9 Å². The Balaban J connectivity index is 1.23. The van der Waals surface area contributed by atoms with Crippen LogP contribution in [0.5, 0.6) is 0 Å². The number of aliphatic carboxylic acids is 1. The predicted octanol–water partition coefficient (Wildman–Crippen LogP) is 8.81. The number of aromatic amines is 1. The van der Waals surface area contributed by atoms with Gasteiger partial charge in [0.2, 0.25) is 0 Å². The lowest BCUT2D eigenvalue weighted by molar-refractivity contribution is -0.143. The molecule has 0 aliphatic rings. The van der Waals surface area contributed by atoms with Crippen molar-refractivity contribution >= 4 is 40.2 Å². The van der Waals surface area contributed by atoms with Gasteiger partial charge in [-0.05, 0) is 65.8 Å². The van der Waals surface area contributed by atoms with E-state index in [9.17, 15) is 14.7 Å². The molecule has 1 atom stereocenters. The molecule has 8 nitrogen and oxygen atoms in total. The lowest BCUT2D eigenvalue weighted by Crippen LogP contribution is -2.52. The molecular formula is C44H41N5O3S. The summed E-state index contributed by atoms with van der Waals surface area (Å²) in [6.45, 7) is 2.01. The summed E-state index contributed by atoms with van der Waals surface area (Å²) in [6, 6.07) is 47.1. The lowest BCUT2D eigenvalue weighted by atomic mass is 9.77. The van der Waals surface area contributed by atoms with Gasteiger partial charge in [-0.25, -0.2) is 9.78 Å². The topological polar surface area (TPSA) is 112 Å². The predicted molar refractivity (Wildman–Crippen MR) is 214 cm³/mol. The first kappa shape index (κ1) is 35.3. The zero-order valence-corrected chi connectivity index (χ0v) is 30.4. The second-order valence-corrected chi connectivity index (χ2v) is 14.3. The number of nitrogens with one attached hydrogen (secondary N) is 3. The monoisotopic (exact) mass is 719 g/mol. The Morgan fingerprint density at radius 1 is 0.811 bits per heavy atom. The van der Waals surface area contributed by atoms with Crippen molar-refractivity contribution in [1.82, 2.24) is 19.9 Å². The number of carboxylic acid groups (broad SMARTS) is 1. The third-order valence-corrected chi connectivity index (χ3v) is 10.4. The van der Waals surface area contributed by atoms with Crippen LogP contribution in [0, 0.1) is 0 Å². The second-order valence-electron chi connectivity index (χ2n) is 13.3.